The van der Waals surface area contributed by atoms with Crippen LogP contribution in [0, 0.1) is 5.41 Å². The van der Waals surface area contributed by atoms with E-state index in [-0.39, 0.29) is 23.7 Å². The molecule has 104 valence electrons. The number of esters is 2. The highest BCUT2D eigenvalue weighted by Crippen LogP contribution is 2.32. The van der Waals surface area contributed by atoms with E-state index in [4.69, 9.17) is 9.47 Å². The average molecular weight is 266 g/mol. The van der Waals surface area contributed by atoms with Gasteiger partial charge >= 0.3 is 11.9 Å². The van der Waals surface area contributed by atoms with Crippen LogP contribution in [0.4, 0.5) is 0 Å². The lowest BCUT2D eigenvalue weighted by Gasteiger charge is -2.17. The highest BCUT2D eigenvalue weighted by atomic mass is 16.6. The van der Waals surface area contributed by atoms with Crippen molar-refractivity contribution in [3.8, 4) is 17.2 Å². The molecule has 1 aromatic carbocycles. The lowest BCUT2D eigenvalue weighted by Crippen LogP contribution is -2.25. The fourth-order valence-electron chi connectivity index (χ4n) is 1.10. The number of hydrogen-bond acceptors (Lipinski definition) is 5. The van der Waals surface area contributed by atoms with E-state index < -0.39 is 17.4 Å². The van der Waals surface area contributed by atoms with Crippen molar-refractivity contribution in [3.63, 3.8) is 0 Å². The standard InChI is InChI=1S/C14H18O5/c1-5-12(16)18-9-6-7-10(15)11(8-9)19-13(17)14(2,3)4/h6-8,15H,5H2,1-4H3. The van der Waals surface area contributed by atoms with Gasteiger partial charge in [-0.3, -0.25) is 9.59 Å². The van der Waals surface area contributed by atoms with Gasteiger partial charge in [0.05, 0.1) is 5.41 Å². The van der Waals surface area contributed by atoms with Gasteiger partial charge in [-0.2, -0.15) is 0 Å². The number of rotatable bonds is 3. The molecule has 0 heterocycles. The normalized spacial score (nSPS) is 10.9. The van der Waals surface area contributed by atoms with Gasteiger partial charge in [0.25, 0.3) is 0 Å². The van der Waals surface area contributed by atoms with E-state index in [1.165, 1.54) is 18.2 Å². The van der Waals surface area contributed by atoms with Crippen molar-refractivity contribution >= 4 is 11.9 Å². The second-order valence-corrected chi connectivity index (χ2v) is 5.10. The molecular weight excluding hydrogens is 248 g/mol. The van der Waals surface area contributed by atoms with Crippen LogP contribution in [0.3, 0.4) is 0 Å². The van der Waals surface area contributed by atoms with Crippen LogP contribution in [0.1, 0.15) is 34.1 Å². The van der Waals surface area contributed by atoms with Crippen LogP contribution in [-0.4, -0.2) is 17.0 Å². The Morgan fingerprint density at radius 3 is 2.37 bits per heavy atom. The summed E-state index contributed by atoms with van der Waals surface area (Å²) in [4.78, 5) is 22.9. The third-order valence-corrected chi connectivity index (χ3v) is 2.27. The number of benzene rings is 1. The fourth-order valence-corrected chi connectivity index (χ4v) is 1.10. The number of phenols is 1. The van der Waals surface area contributed by atoms with Crippen molar-refractivity contribution in [1.82, 2.24) is 0 Å². The molecule has 0 spiro atoms. The Morgan fingerprint density at radius 2 is 1.84 bits per heavy atom. The second-order valence-electron chi connectivity index (χ2n) is 5.10. The van der Waals surface area contributed by atoms with Crippen LogP contribution >= 0.6 is 0 Å². The van der Waals surface area contributed by atoms with E-state index in [1.807, 2.05) is 0 Å². The van der Waals surface area contributed by atoms with E-state index in [1.54, 1.807) is 27.7 Å². The van der Waals surface area contributed by atoms with Gasteiger partial charge in [0.15, 0.2) is 11.5 Å². The average Bonchev–Trinajstić information content (AvgIpc) is 2.32. The smallest absolute Gasteiger partial charge is 0.316 e. The highest BCUT2D eigenvalue weighted by Gasteiger charge is 2.25. The van der Waals surface area contributed by atoms with Crippen molar-refractivity contribution in [2.24, 2.45) is 5.41 Å². The third kappa shape index (κ3) is 4.28. The quantitative estimate of drug-likeness (QED) is 0.672. The largest absolute Gasteiger partial charge is 0.504 e. The molecule has 1 rings (SSSR count). The van der Waals surface area contributed by atoms with Gasteiger partial charge < -0.3 is 14.6 Å². The van der Waals surface area contributed by atoms with E-state index in [0.29, 0.717) is 0 Å². The maximum atomic E-state index is 11.7. The molecular formula is C14H18O5. The topological polar surface area (TPSA) is 72.8 Å². The lowest BCUT2D eigenvalue weighted by molar-refractivity contribution is -0.143. The molecule has 19 heavy (non-hydrogen) atoms. The van der Waals surface area contributed by atoms with Crippen LogP contribution in [-0.2, 0) is 9.59 Å². The van der Waals surface area contributed by atoms with Crippen molar-refractivity contribution in [2.75, 3.05) is 0 Å². The summed E-state index contributed by atoms with van der Waals surface area (Å²) in [6, 6.07) is 4.05. The first-order chi connectivity index (χ1) is 8.74. The van der Waals surface area contributed by atoms with Crippen LogP contribution in [0.15, 0.2) is 18.2 Å². The first-order valence-corrected chi connectivity index (χ1v) is 6.00. The summed E-state index contributed by atoms with van der Waals surface area (Å²) in [5.74, 6) is -0.878. The minimum Gasteiger partial charge on any atom is -0.504 e. The van der Waals surface area contributed by atoms with Gasteiger partial charge in [-0.1, -0.05) is 6.92 Å². The summed E-state index contributed by atoms with van der Waals surface area (Å²) in [6.07, 6.45) is 0.234. The molecule has 0 saturated carbocycles. The summed E-state index contributed by atoms with van der Waals surface area (Å²) in [5.41, 5.74) is -0.692. The van der Waals surface area contributed by atoms with Crippen molar-refractivity contribution < 1.29 is 24.2 Å². The Labute approximate surface area is 112 Å². The maximum absolute atomic E-state index is 11.7. The molecule has 0 aliphatic heterocycles. The van der Waals surface area contributed by atoms with Crippen molar-refractivity contribution in [2.45, 2.75) is 34.1 Å². The third-order valence-electron chi connectivity index (χ3n) is 2.27. The summed E-state index contributed by atoms with van der Waals surface area (Å²) >= 11 is 0. The molecule has 1 N–H and O–H groups in total. The Bertz CT molecular complexity index is 485. The van der Waals surface area contributed by atoms with E-state index in [9.17, 15) is 14.7 Å². The summed E-state index contributed by atoms with van der Waals surface area (Å²) in [5, 5.41) is 9.62. The molecule has 5 nitrogen and oxygen atoms in total. The number of hydrogen-bond donors (Lipinski definition) is 1. The first-order valence-electron chi connectivity index (χ1n) is 6.00. The van der Waals surface area contributed by atoms with Gasteiger partial charge in [-0.05, 0) is 32.9 Å². The SMILES string of the molecule is CCC(=O)Oc1ccc(O)c(OC(=O)C(C)(C)C)c1. The molecule has 0 amide bonds. The zero-order chi connectivity index (χ0) is 14.6. The van der Waals surface area contributed by atoms with Gasteiger partial charge in [-0.15, -0.1) is 0 Å². The number of phenolic OH excluding ortho intramolecular Hbond substituents is 1. The Morgan fingerprint density at radius 1 is 1.21 bits per heavy atom. The minimum atomic E-state index is -0.692. The minimum absolute atomic E-state index is 0.0265. The fraction of sp³-hybridized carbons (Fsp3) is 0.429. The summed E-state index contributed by atoms with van der Waals surface area (Å²) < 4.78 is 10.1. The number of carbonyl (C=O) groups excluding carboxylic acids is 2. The number of ether oxygens (including phenoxy) is 2. The highest BCUT2D eigenvalue weighted by molar-refractivity contribution is 5.79. The molecule has 0 unspecified atom stereocenters. The number of carbonyl (C=O) groups is 2. The molecule has 0 atom stereocenters. The molecule has 0 bridgehead atoms. The van der Waals surface area contributed by atoms with Gasteiger partial charge in [0.2, 0.25) is 0 Å². The Hall–Kier alpha value is -2.04. The van der Waals surface area contributed by atoms with Crippen LogP contribution in [0.25, 0.3) is 0 Å². The second kappa shape index (κ2) is 5.73. The summed E-state index contributed by atoms with van der Waals surface area (Å²) in [7, 11) is 0. The van der Waals surface area contributed by atoms with E-state index >= 15 is 0 Å². The van der Waals surface area contributed by atoms with Crippen molar-refractivity contribution in [3.05, 3.63) is 18.2 Å². The van der Waals surface area contributed by atoms with Crippen molar-refractivity contribution in [1.29, 1.82) is 0 Å². The Kier molecular flexibility index (Phi) is 4.53. The predicted octanol–water partition coefficient (Wildman–Crippen LogP) is 2.66. The zero-order valence-electron chi connectivity index (χ0n) is 11.5. The molecule has 0 aliphatic rings. The van der Waals surface area contributed by atoms with Gasteiger partial charge in [-0.25, -0.2) is 0 Å². The zero-order valence-corrected chi connectivity index (χ0v) is 11.5. The summed E-state index contributed by atoms with van der Waals surface area (Å²) in [6.45, 7) is 6.78. The molecule has 0 saturated heterocycles. The maximum Gasteiger partial charge on any atom is 0.316 e. The molecule has 0 fully saturated rings. The van der Waals surface area contributed by atoms with Crippen LogP contribution in [0.5, 0.6) is 17.2 Å². The predicted molar refractivity (Wildman–Crippen MR) is 69.1 cm³/mol. The molecule has 0 aromatic heterocycles. The molecule has 1 aromatic rings. The van der Waals surface area contributed by atoms with Crippen LogP contribution < -0.4 is 9.47 Å². The molecule has 0 radical (unpaired) electrons. The molecule has 5 heteroatoms. The van der Waals surface area contributed by atoms with Gasteiger partial charge in [0.1, 0.15) is 5.75 Å². The lowest BCUT2D eigenvalue weighted by atomic mass is 9.97. The molecule has 0 aliphatic carbocycles. The monoisotopic (exact) mass is 266 g/mol. The Balaban J connectivity index is 2.92. The van der Waals surface area contributed by atoms with Gasteiger partial charge in [0, 0.05) is 12.5 Å². The van der Waals surface area contributed by atoms with Crippen LogP contribution in [0.2, 0.25) is 0 Å². The number of aromatic hydroxyl groups is 1. The van der Waals surface area contributed by atoms with E-state index in [0.717, 1.165) is 0 Å². The van der Waals surface area contributed by atoms with E-state index in [2.05, 4.69) is 0 Å². The first kappa shape index (κ1) is 15.0.